The van der Waals surface area contributed by atoms with E-state index in [0.29, 0.717) is 22.8 Å². The minimum atomic E-state index is -0.258. The van der Waals surface area contributed by atoms with Crippen molar-refractivity contribution >= 4 is 29.7 Å². The molecule has 3 rings (SSSR count). The number of nitrogens with zero attached hydrogens (tertiary/aromatic N) is 1. The van der Waals surface area contributed by atoms with Crippen LogP contribution in [0.4, 0.5) is 5.82 Å². The fourth-order valence-electron chi connectivity index (χ4n) is 2.02. The highest BCUT2D eigenvalue weighted by Gasteiger charge is 2.18. The highest BCUT2D eigenvalue weighted by atomic mass is 16.5. The largest absolute Gasteiger partial charge is 0.480 e. The topological polar surface area (TPSA) is 68.3 Å². The Morgan fingerprint density at radius 3 is 2.76 bits per heavy atom. The molecule has 21 heavy (non-hydrogen) atoms. The summed E-state index contributed by atoms with van der Waals surface area (Å²) >= 11 is 0. The van der Waals surface area contributed by atoms with Crippen LogP contribution in [0.1, 0.15) is 11.3 Å². The Morgan fingerprint density at radius 1 is 1.19 bits per heavy atom. The van der Waals surface area contributed by atoms with Crippen molar-refractivity contribution in [3.05, 3.63) is 53.7 Å². The third kappa shape index (κ3) is 2.81. The average molecular weight is 280 g/mol. The summed E-state index contributed by atoms with van der Waals surface area (Å²) in [4.78, 5) is 26.9. The molecule has 0 aliphatic carbocycles. The number of hydrogen-bond donors (Lipinski definition) is 1. The van der Waals surface area contributed by atoms with Crippen molar-refractivity contribution in [3.63, 3.8) is 0 Å². The van der Waals surface area contributed by atoms with Crippen LogP contribution in [0, 0.1) is 0 Å². The number of hydrogen-bond acceptors (Lipinski definition) is 4. The number of fused-ring (bicyclic) bond motifs is 1. The van der Waals surface area contributed by atoms with E-state index in [1.54, 1.807) is 18.2 Å². The van der Waals surface area contributed by atoms with Crippen LogP contribution in [0.2, 0.25) is 0 Å². The normalized spacial score (nSPS) is 13.9. The van der Waals surface area contributed by atoms with Crippen LogP contribution in [-0.4, -0.2) is 23.8 Å². The zero-order valence-electron chi connectivity index (χ0n) is 11.1. The van der Waals surface area contributed by atoms with Gasteiger partial charge in [0, 0.05) is 5.57 Å². The van der Waals surface area contributed by atoms with Gasteiger partial charge in [0.2, 0.25) is 0 Å². The lowest BCUT2D eigenvalue weighted by atomic mass is 10.1. The Labute approximate surface area is 121 Å². The van der Waals surface area contributed by atoms with Gasteiger partial charge in [-0.25, -0.2) is 4.98 Å². The summed E-state index contributed by atoms with van der Waals surface area (Å²) in [5.74, 6) is 0.583. The lowest BCUT2D eigenvalue weighted by molar-refractivity contribution is -0.118. The van der Waals surface area contributed by atoms with Crippen LogP contribution in [-0.2, 0) is 9.59 Å². The van der Waals surface area contributed by atoms with Crippen LogP contribution >= 0.6 is 0 Å². The molecule has 1 amide bonds. The first-order chi connectivity index (χ1) is 10.3. The standard InChI is InChI=1S/C16H12N2O3/c19-9-12(8-11-4-2-1-3-5-11)13-6-7-14-16(17-13)18-15(20)10-21-14/h1-9H,10H2,(H,17,18,20). The molecule has 2 heterocycles. The highest BCUT2D eigenvalue weighted by molar-refractivity contribution is 6.12. The number of carbonyl (C=O) groups is 2. The summed E-state index contributed by atoms with van der Waals surface area (Å²) in [6.45, 7) is -0.0194. The number of rotatable bonds is 3. The maximum atomic E-state index is 11.3. The predicted octanol–water partition coefficient (Wildman–Crippen LogP) is 2.15. The monoisotopic (exact) mass is 280 g/mol. The van der Waals surface area contributed by atoms with E-state index >= 15 is 0 Å². The predicted molar refractivity (Wildman–Crippen MR) is 78.7 cm³/mol. The second-order valence-corrected chi connectivity index (χ2v) is 4.51. The van der Waals surface area contributed by atoms with Crippen molar-refractivity contribution in [3.8, 4) is 5.75 Å². The van der Waals surface area contributed by atoms with E-state index in [2.05, 4.69) is 10.3 Å². The molecule has 0 atom stereocenters. The number of aldehydes is 1. The van der Waals surface area contributed by atoms with Crippen LogP contribution in [0.25, 0.3) is 11.6 Å². The lowest BCUT2D eigenvalue weighted by Crippen LogP contribution is -2.26. The van der Waals surface area contributed by atoms with E-state index in [4.69, 9.17) is 4.74 Å². The van der Waals surface area contributed by atoms with Crippen LogP contribution < -0.4 is 10.1 Å². The molecule has 5 nitrogen and oxygen atoms in total. The molecule has 1 N–H and O–H groups in total. The van der Waals surface area contributed by atoms with Gasteiger partial charge in [-0.3, -0.25) is 9.59 Å². The minimum Gasteiger partial charge on any atom is -0.480 e. The van der Waals surface area contributed by atoms with E-state index in [9.17, 15) is 9.59 Å². The maximum absolute atomic E-state index is 11.3. The van der Waals surface area contributed by atoms with Gasteiger partial charge in [0.25, 0.3) is 5.91 Å². The van der Waals surface area contributed by atoms with Crippen LogP contribution in [0.15, 0.2) is 42.5 Å². The number of benzene rings is 1. The van der Waals surface area contributed by atoms with Crippen LogP contribution in [0.3, 0.4) is 0 Å². The lowest BCUT2D eigenvalue weighted by Gasteiger charge is -2.17. The van der Waals surface area contributed by atoms with Gasteiger partial charge >= 0.3 is 0 Å². The summed E-state index contributed by atoms with van der Waals surface area (Å²) in [6, 6.07) is 12.9. The van der Waals surface area contributed by atoms with Crippen molar-refractivity contribution in [2.24, 2.45) is 0 Å². The third-order valence-electron chi connectivity index (χ3n) is 3.02. The first kappa shape index (κ1) is 13.1. The molecular formula is C16H12N2O3. The third-order valence-corrected chi connectivity index (χ3v) is 3.02. The Hall–Kier alpha value is -2.95. The second-order valence-electron chi connectivity index (χ2n) is 4.51. The van der Waals surface area contributed by atoms with Crippen molar-refractivity contribution in [2.75, 3.05) is 11.9 Å². The molecule has 0 saturated carbocycles. The first-order valence-electron chi connectivity index (χ1n) is 6.42. The molecular weight excluding hydrogens is 268 g/mol. The number of allylic oxidation sites excluding steroid dienone is 1. The van der Waals surface area contributed by atoms with E-state index in [0.717, 1.165) is 11.8 Å². The number of anilines is 1. The minimum absolute atomic E-state index is 0.0194. The highest BCUT2D eigenvalue weighted by Crippen LogP contribution is 2.27. The fourth-order valence-corrected chi connectivity index (χ4v) is 2.02. The van der Waals surface area contributed by atoms with E-state index < -0.39 is 0 Å². The van der Waals surface area contributed by atoms with Gasteiger partial charge in [0.1, 0.15) is 0 Å². The Balaban J connectivity index is 1.98. The zero-order chi connectivity index (χ0) is 14.7. The average Bonchev–Trinajstić information content (AvgIpc) is 2.53. The van der Waals surface area contributed by atoms with Crippen molar-refractivity contribution < 1.29 is 14.3 Å². The van der Waals surface area contributed by atoms with Gasteiger partial charge in [-0.1, -0.05) is 30.3 Å². The summed E-state index contributed by atoms with van der Waals surface area (Å²) < 4.78 is 5.24. The van der Waals surface area contributed by atoms with Gasteiger partial charge in [-0.2, -0.15) is 0 Å². The maximum Gasteiger partial charge on any atom is 0.263 e. The first-order valence-corrected chi connectivity index (χ1v) is 6.42. The molecule has 0 unspecified atom stereocenters. The number of amides is 1. The molecule has 1 aromatic heterocycles. The quantitative estimate of drug-likeness (QED) is 0.691. The van der Waals surface area contributed by atoms with Gasteiger partial charge in [-0.05, 0) is 23.8 Å². The molecule has 1 aromatic carbocycles. The second kappa shape index (κ2) is 5.58. The Bertz CT molecular complexity index is 724. The van der Waals surface area contributed by atoms with Gasteiger partial charge in [0.05, 0.1) is 5.69 Å². The van der Waals surface area contributed by atoms with Crippen molar-refractivity contribution in [2.45, 2.75) is 0 Å². The van der Waals surface area contributed by atoms with Gasteiger partial charge in [0.15, 0.2) is 24.5 Å². The summed E-state index contributed by atoms with van der Waals surface area (Å²) in [5, 5.41) is 2.62. The molecule has 1 aliphatic heterocycles. The van der Waals surface area contributed by atoms with E-state index in [1.165, 1.54) is 0 Å². The molecule has 0 saturated heterocycles. The van der Waals surface area contributed by atoms with E-state index in [1.807, 2.05) is 30.3 Å². The Kier molecular flexibility index (Phi) is 3.47. The SMILES string of the molecule is O=CC(=Cc1ccccc1)c1ccc2c(n1)NC(=O)CO2. The number of carbonyl (C=O) groups excluding carboxylic acids is 2. The summed E-state index contributed by atoms with van der Waals surface area (Å²) in [5.41, 5.74) is 1.82. The zero-order valence-corrected chi connectivity index (χ0v) is 11.1. The molecule has 2 aromatic rings. The molecule has 1 aliphatic rings. The smallest absolute Gasteiger partial charge is 0.263 e. The van der Waals surface area contributed by atoms with Crippen molar-refractivity contribution in [1.82, 2.24) is 4.98 Å². The molecule has 104 valence electrons. The molecule has 5 heteroatoms. The summed E-state index contributed by atoms with van der Waals surface area (Å²) in [6.07, 6.45) is 2.49. The Morgan fingerprint density at radius 2 is 2.00 bits per heavy atom. The molecule has 0 bridgehead atoms. The molecule has 0 spiro atoms. The number of ether oxygens (including phenoxy) is 1. The molecule has 0 radical (unpaired) electrons. The molecule has 0 fully saturated rings. The van der Waals surface area contributed by atoms with Gasteiger partial charge in [-0.15, -0.1) is 0 Å². The summed E-state index contributed by atoms with van der Waals surface area (Å²) in [7, 11) is 0. The van der Waals surface area contributed by atoms with Gasteiger partial charge < -0.3 is 10.1 Å². The number of nitrogens with one attached hydrogen (secondary N) is 1. The fraction of sp³-hybridized carbons (Fsp3) is 0.0625. The van der Waals surface area contributed by atoms with Crippen LogP contribution in [0.5, 0.6) is 5.75 Å². The number of pyridine rings is 1. The van der Waals surface area contributed by atoms with Crippen molar-refractivity contribution in [1.29, 1.82) is 0 Å². The van der Waals surface area contributed by atoms with E-state index in [-0.39, 0.29) is 12.5 Å². The number of aromatic nitrogens is 1.